The Kier molecular flexibility index (Phi) is 4.62. The van der Waals surface area contributed by atoms with Crippen molar-refractivity contribution in [2.45, 2.75) is 25.4 Å². The fraction of sp³-hybridized carbons (Fsp3) is 0.500. The van der Waals surface area contributed by atoms with Crippen molar-refractivity contribution in [1.29, 1.82) is 0 Å². The quantitative estimate of drug-likeness (QED) is 0.757. The highest BCUT2D eigenvalue weighted by atomic mass is 32.1. The Morgan fingerprint density at radius 1 is 1.71 bits per heavy atom. The maximum absolute atomic E-state index is 10.8. The minimum absolute atomic E-state index is 0.0840. The first-order valence-corrected chi connectivity index (χ1v) is 5.42. The highest BCUT2D eigenvalue weighted by Gasteiger charge is 2.10. The van der Waals surface area contributed by atoms with Gasteiger partial charge in [-0.3, -0.25) is 4.79 Å². The highest BCUT2D eigenvalue weighted by molar-refractivity contribution is 7.07. The number of aryl methyl sites for hydroxylation is 1. The summed E-state index contributed by atoms with van der Waals surface area (Å²) >= 11 is 1.64. The largest absolute Gasteiger partial charge is 0.469 e. The monoisotopic (exact) mass is 214 g/mol. The maximum atomic E-state index is 10.8. The summed E-state index contributed by atoms with van der Waals surface area (Å²) < 4.78 is 4.46. The predicted octanol–water partition coefficient (Wildman–Crippen LogP) is 1.60. The summed E-state index contributed by atoms with van der Waals surface area (Å²) in [6.07, 6.45) is 0.899. The molecule has 0 saturated carbocycles. The number of hydrogen-bond donors (Lipinski definition) is 1. The average molecular weight is 214 g/mol. The molecule has 3 nitrogen and oxygen atoms in total. The molecule has 78 valence electrons. The van der Waals surface area contributed by atoms with E-state index >= 15 is 0 Å². The molecule has 0 aromatic carbocycles. The Morgan fingerprint density at radius 2 is 2.50 bits per heavy atom. The van der Waals surface area contributed by atoms with E-state index in [1.165, 1.54) is 12.7 Å². The van der Waals surface area contributed by atoms with Gasteiger partial charge < -0.3 is 9.84 Å². The van der Waals surface area contributed by atoms with Gasteiger partial charge in [0.25, 0.3) is 0 Å². The van der Waals surface area contributed by atoms with Crippen molar-refractivity contribution in [3.8, 4) is 0 Å². The van der Waals surface area contributed by atoms with Crippen molar-refractivity contribution < 1.29 is 14.6 Å². The summed E-state index contributed by atoms with van der Waals surface area (Å²) in [6.45, 7) is 0. The molecule has 1 aromatic heterocycles. The molecule has 0 aliphatic rings. The molecule has 0 bridgehead atoms. The number of aliphatic hydroxyl groups is 1. The van der Waals surface area contributed by atoms with E-state index in [1.807, 2.05) is 16.8 Å². The topological polar surface area (TPSA) is 46.5 Å². The molecule has 1 aromatic rings. The zero-order valence-electron chi connectivity index (χ0n) is 8.10. The van der Waals surface area contributed by atoms with Gasteiger partial charge in [-0.15, -0.1) is 0 Å². The van der Waals surface area contributed by atoms with E-state index in [2.05, 4.69) is 4.74 Å². The molecule has 0 aliphatic heterocycles. The van der Waals surface area contributed by atoms with Gasteiger partial charge in [-0.25, -0.2) is 0 Å². The van der Waals surface area contributed by atoms with Crippen LogP contribution in [0.25, 0.3) is 0 Å². The third kappa shape index (κ3) is 3.89. The smallest absolute Gasteiger partial charge is 0.308 e. The van der Waals surface area contributed by atoms with Crippen LogP contribution >= 0.6 is 11.3 Å². The summed E-state index contributed by atoms with van der Waals surface area (Å²) in [7, 11) is 1.33. The van der Waals surface area contributed by atoms with Gasteiger partial charge in [0.2, 0.25) is 0 Å². The van der Waals surface area contributed by atoms with Crippen LogP contribution in [0.2, 0.25) is 0 Å². The lowest BCUT2D eigenvalue weighted by Crippen LogP contribution is -2.15. The van der Waals surface area contributed by atoms with Crippen LogP contribution in [0.3, 0.4) is 0 Å². The van der Waals surface area contributed by atoms with Crippen LogP contribution in [-0.2, 0) is 16.0 Å². The summed E-state index contributed by atoms with van der Waals surface area (Å²) in [5.41, 5.74) is 1.21. The fourth-order valence-electron chi connectivity index (χ4n) is 1.15. The molecule has 0 aliphatic carbocycles. The van der Waals surface area contributed by atoms with Gasteiger partial charge >= 0.3 is 5.97 Å². The Balaban J connectivity index is 2.21. The number of thiophene rings is 1. The fourth-order valence-corrected chi connectivity index (χ4v) is 1.85. The lowest BCUT2D eigenvalue weighted by Gasteiger charge is -2.07. The lowest BCUT2D eigenvalue weighted by atomic mass is 10.1. The van der Waals surface area contributed by atoms with E-state index in [0.717, 1.165) is 6.42 Å². The summed E-state index contributed by atoms with van der Waals surface area (Å²) in [4.78, 5) is 10.8. The average Bonchev–Trinajstić information content (AvgIpc) is 2.67. The van der Waals surface area contributed by atoms with Crippen molar-refractivity contribution in [2.24, 2.45) is 0 Å². The van der Waals surface area contributed by atoms with Crippen LogP contribution in [0.1, 0.15) is 18.4 Å². The number of hydrogen-bond acceptors (Lipinski definition) is 4. The van der Waals surface area contributed by atoms with Crippen LogP contribution in [0, 0.1) is 0 Å². The van der Waals surface area contributed by atoms with E-state index < -0.39 is 6.10 Å². The maximum Gasteiger partial charge on any atom is 0.308 e. The third-order valence-electron chi connectivity index (χ3n) is 1.98. The minimum Gasteiger partial charge on any atom is -0.469 e. The van der Waals surface area contributed by atoms with Crippen molar-refractivity contribution >= 4 is 17.3 Å². The predicted molar refractivity (Wildman–Crippen MR) is 55.3 cm³/mol. The molecular weight excluding hydrogens is 200 g/mol. The van der Waals surface area contributed by atoms with Crippen LogP contribution in [0.4, 0.5) is 0 Å². The van der Waals surface area contributed by atoms with E-state index in [-0.39, 0.29) is 12.4 Å². The Labute approximate surface area is 87.3 Å². The summed E-state index contributed by atoms with van der Waals surface area (Å²) in [6, 6.07) is 2.02. The molecule has 0 saturated heterocycles. The standard InChI is InChI=1S/C10H14O3S/c1-13-10(12)6-9(11)3-2-8-4-5-14-7-8/h4-5,7,9,11H,2-3,6H2,1H3/t9-/m0/s1. The first-order valence-electron chi connectivity index (χ1n) is 4.48. The van der Waals surface area contributed by atoms with E-state index in [4.69, 9.17) is 0 Å². The summed E-state index contributed by atoms with van der Waals surface area (Å²) in [5, 5.41) is 13.5. The van der Waals surface area contributed by atoms with Gasteiger partial charge in [0.15, 0.2) is 0 Å². The second-order valence-corrected chi connectivity index (χ2v) is 3.88. The normalized spacial score (nSPS) is 12.4. The molecule has 1 atom stereocenters. The number of aliphatic hydroxyl groups excluding tert-OH is 1. The van der Waals surface area contributed by atoms with Gasteiger partial charge in [0.05, 0.1) is 19.6 Å². The van der Waals surface area contributed by atoms with Crippen LogP contribution < -0.4 is 0 Å². The molecule has 0 fully saturated rings. The molecule has 0 spiro atoms. The van der Waals surface area contributed by atoms with Crippen molar-refractivity contribution in [1.82, 2.24) is 0 Å². The molecule has 14 heavy (non-hydrogen) atoms. The molecule has 1 rings (SSSR count). The zero-order valence-corrected chi connectivity index (χ0v) is 8.92. The SMILES string of the molecule is COC(=O)C[C@@H](O)CCc1ccsc1. The second kappa shape index (κ2) is 5.78. The van der Waals surface area contributed by atoms with Gasteiger partial charge in [-0.05, 0) is 35.2 Å². The second-order valence-electron chi connectivity index (χ2n) is 3.10. The Morgan fingerprint density at radius 3 is 3.07 bits per heavy atom. The van der Waals surface area contributed by atoms with Crippen molar-refractivity contribution in [3.63, 3.8) is 0 Å². The van der Waals surface area contributed by atoms with Gasteiger partial charge in [0.1, 0.15) is 0 Å². The lowest BCUT2D eigenvalue weighted by molar-refractivity contribution is -0.142. The zero-order chi connectivity index (χ0) is 10.4. The van der Waals surface area contributed by atoms with Crippen LogP contribution in [0.15, 0.2) is 16.8 Å². The Bertz CT molecular complexity index is 269. The van der Waals surface area contributed by atoms with Crippen molar-refractivity contribution in [3.05, 3.63) is 22.4 Å². The van der Waals surface area contributed by atoms with Gasteiger partial charge in [-0.2, -0.15) is 11.3 Å². The molecule has 0 radical (unpaired) electrons. The van der Waals surface area contributed by atoms with E-state index in [0.29, 0.717) is 6.42 Å². The van der Waals surface area contributed by atoms with Crippen molar-refractivity contribution in [2.75, 3.05) is 7.11 Å². The van der Waals surface area contributed by atoms with Crippen LogP contribution in [-0.4, -0.2) is 24.3 Å². The highest BCUT2D eigenvalue weighted by Crippen LogP contribution is 2.11. The molecule has 0 amide bonds. The molecule has 1 N–H and O–H groups in total. The first kappa shape index (κ1) is 11.2. The van der Waals surface area contributed by atoms with E-state index in [9.17, 15) is 9.90 Å². The molecule has 1 heterocycles. The number of esters is 1. The number of methoxy groups -OCH3 is 1. The summed E-state index contributed by atoms with van der Waals surface area (Å²) in [5.74, 6) is -0.359. The molecular formula is C10H14O3S. The molecule has 4 heteroatoms. The number of ether oxygens (including phenoxy) is 1. The number of rotatable bonds is 5. The third-order valence-corrected chi connectivity index (χ3v) is 2.71. The minimum atomic E-state index is -0.595. The van der Waals surface area contributed by atoms with E-state index in [1.54, 1.807) is 11.3 Å². The number of carbonyl (C=O) groups is 1. The molecule has 0 unspecified atom stereocenters. The Hall–Kier alpha value is -0.870. The van der Waals surface area contributed by atoms with Gasteiger partial charge in [0, 0.05) is 0 Å². The van der Waals surface area contributed by atoms with Crippen LogP contribution in [0.5, 0.6) is 0 Å². The first-order chi connectivity index (χ1) is 6.72. The number of carbonyl (C=O) groups excluding carboxylic acids is 1. The van der Waals surface area contributed by atoms with Gasteiger partial charge in [-0.1, -0.05) is 0 Å².